The van der Waals surface area contributed by atoms with E-state index in [0.717, 1.165) is 18.0 Å². The maximum Gasteiger partial charge on any atom is 0.0586 e. The van der Waals surface area contributed by atoms with Gasteiger partial charge in [0.05, 0.1) is 6.10 Å². The van der Waals surface area contributed by atoms with Gasteiger partial charge >= 0.3 is 0 Å². The first kappa shape index (κ1) is 9.47. The third-order valence-electron chi connectivity index (χ3n) is 3.56. The van der Waals surface area contributed by atoms with E-state index >= 15 is 0 Å². The van der Waals surface area contributed by atoms with Gasteiger partial charge in [0, 0.05) is 19.2 Å². The van der Waals surface area contributed by atoms with Gasteiger partial charge in [0.2, 0.25) is 0 Å². The summed E-state index contributed by atoms with van der Waals surface area (Å²) in [5, 5.41) is 3.73. The molecule has 2 aliphatic rings. The highest BCUT2D eigenvalue weighted by atomic mass is 16.5. The first-order chi connectivity index (χ1) is 6.28. The first-order valence-electron chi connectivity index (χ1n) is 5.56. The fourth-order valence-corrected chi connectivity index (χ4v) is 2.68. The molecule has 2 unspecified atom stereocenters. The van der Waals surface area contributed by atoms with Gasteiger partial charge in [-0.2, -0.15) is 0 Å². The molecule has 0 bridgehead atoms. The molecule has 0 amide bonds. The smallest absolute Gasteiger partial charge is 0.0586 e. The lowest BCUT2D eigenvalue weighted by Gasteiger charge is -2.35. The zero-order valence-electron chi connectivity index (χ0n) is 8.75. The summed E-state index contributed by atoms with van der Waals surface area (Å²) in [7, 11) is 1.83. The maximum atomic E-state index is 5.36. The Morgan fingerprint density at radius 1 is 1.08 bits per heavy atom. The van der Waals surface area contributed by atoms with Crippen molar-refractivity contribution in [2.24, 2.45) is 5.92 Å². The van der Waals surface area contributed by atoms with Gasteiger partial charge in [0.25, 0.3) is 0 Å². The molecule has 2 atom stereocenters. The second-order valence-corrected chi connectivity index (χ2v) is 4.81. The average molecular weight is 183 g/mol. The highest BCUT2D eigenvalue weighted by Gasteiger charge is 2.30. The van der Waals surface area contributed by atoms with Gasteiger partial charge in [0.15, 0.2) is 0 Å². The monoisotopic (exact) mass is 183 g/mol. The van der Waals surface area contributed by atoms with Gasteiger partial charge in [-0.3, -0.25) is 0 Å². The number of rotatable bonds is 3. The molecule has 13 heavy (non-hydrogen) atoms. The predicted molar refractivity (Wildman–Crippen MR) is 53.8 cm³/mol. The Balaban J connectivity index is 1.66. The summed E-state index contributed by atoms with van der Waals surface area (Å²) < 4.78 is 5.36. The molecule has 2 fully saturated rings. The predicted octanol–water partition coefficient (Wildman–Crippen LogP) is 1.94. The molecular formula is C11H21NO. The number of hydrogen-bond acceptors (Lipinski definition) is 2. The van der Waals surface area contributed by atoms with Crippen LogP contribution in [0.3, 0.4) is 0 Å². The van der Waals surface area contributed by atoms with E-state index in [1.807, 2.05) is 7.11 Å². The van der Waals surface area contributed by atoms with Gasteiger partial charge in [-0.15, -0.1) is 0 Å². The summed E-state index contributed by atoms with van der Waals surface area (Å²) in [6, 6.07) is 1.55. The lowest BCUT2D eigenvalue weighted by Crippen LogP contribution is -2.44. The molecule has 0 aromatic rings. The molecule has 2 rings (SSSR count). The quantitative estimate of drug-likeness (QED) is 0.722. The molecule has 1 N–H and O–H groups in total. The fraction of sp³-hybridized carbons (Fsp3) is 1.00. The number of methoxy groups -OCH3 is 1. The Morgan fingerprint density at radius 2 is 1.85 bits per heavy atom. The highest BCUT2D eigenvalue weighted by molar-refractivity contribution is 4.89. The van der Waals surface area contributed by atoms with E-state index in [0.29, 0.717) is 6.10 Å². The molecule has 0 aliphatic heterocycles. The van der Waals surface area contributed by atoms with Crippen molar-refractivity contribution in [2.75, 3.05) is 7.11 Å². The van der Waals surface area contributed by atoms with Crippen LogP contribution in [0, 0.1) is 5.92 Å². The molecule has 2 aliphatic carbocycles. The topological polar surface area (TPSA) is 21.3 Å². The normalized spacial score (nSPS) is 44.8. The van der Waals surface area contributed by atoms with E-state index in [-0.39, 0.29) is 0 Å². The van der Waals surface area contributed by atoms with Crippen LogP contribution in [0.5, 0.6) is 0 Å². The van der Waals surface area contributed by atoms with Crippen molar-refractivity contribution in [2.45, 2.75) is 57.2 Å². The minimum atomic E-state index is 0.523. The molecule has 2 heteroatoms. The molecule has 0 aromatic carbocycles. The van der Waals surface area contributed by atoms with Crippen LogP contribution in [0.15, 0.2) is 0 Å². The number of nitrogens with one attached hydrogen (secondary N) is 1. The molecule has 0 saturated heterocycles. The largest absolute Gasteiger partial charge is 0.381 e. The van der Waals surface area contributed by atoms with E-state index in [4.69, 9.17) is 4.74 Å². The Hall–Kier alpha value is -0.0800. The van der Waals surface area contributed by atoms with Crippen molar-refractivity contribution < 1.29 is 4.74 Å². The van der Waals surface area contributed by atoms with Crippen molar-refractivity contribution in [3.05, 3.63) is 0 Å². The van der Waals surface area contributed by atoms with Crippen molar-refractivity contribution in [1.82, 2.24) is 5.32 Å². The Labute approximate surface area is 81.0 Å². The molecule has 76 valence electrons. The second kappa shape index (κ2) is 3.97. The first-order valence-corrected chi connectivity index (χ1v) is 5.56. The third kappa shape index (κ3) is 2.23. The minimum absolute atomic E-state index is 0.523. The van der Waals surface area contributed by atoms with Crippen molar-refractivity contribution in [3.8, 4) is 0 Å². The lowest BCUT2D eigenvalue weighted by atomic mass is 9.81. The van der Waals surface area contributed by atoms with Crippen molar-refractivity contribution in [1.29, 1.82) is 0 Å². The zero-order valence-corrected chi connectivity index (χ0v) is 8.75. The van der Waals surface area contributed by atoms with Crippen LogP contribution in [0.4, 0.5) is 0 Å². The average Bonchev–Trinajstić information content (AvgIpc) is 2.50. The van der Waals surface area contributed by atoms with Crippen LogP contribution in [0.25, 0.3) is 0 Å². The molecule has 0 aromatic heterocycles. The zero-order chi connectivity index (χ0) is 9.26. The van der Waals surface area contributed by atoms with Gasteiger partial charge in [-0.1, -0.05) is 6.92 Å². The minimum Gasteiger partial charge on any atom is -0.381 e. The maximum absolute atomic E-state index is 5.36. The van der Waals surface area contributed by atoms with Crippen LogP contribution in [-0.4, -0.2) is 25.3 Å². The molecule has 0 spiro atoms. The van der Waals surface area contributed by atoms with E-state index in [1.54, 1.807) is 0 Å². The Kier molecular flexibility index (Phi) is 2.89. The third-order valence-corrected chi connectivity index (χ3v) is 3.56. The van der Waals surface area contributed by atoms with E-state index < -0.39 is 0 Å². The van der Waals surface area contributed by atoms with Crippen LogP contribution < -0.4 is 5.32 Å². The van der Waals surface area contributed by atoms with Gasteiger partial charge in [-0.05, 0) is 38.0 Å². The lowest BCUT2D eigenvalue weighted by molar-refractivity contribution is 0.105. The molecular weight excluding hydrogens is 162 g/mol. The molecule has 0 radical (unpaired) electrons. The van der Waals surface area contributed by atoms with E-state index in [9.17, 15) is 0 Å². The highest BCUT2D eigenvalue weighted by Crippen LogP contribution is 2.29. The molecule has 2 nitrogen and oxygen atoms in total. The van der Waals surface area contributed by atoms with Gasteiger partial charge < -0.3 is 10.1 Å². The molecule has 0 heterocycles. The van der Waals surface area contributed by atoms with Crippen LogP contribution in [0.2, 0.25) is 0 Å². The van der Waals surface area contributed by atoms with E-state index in [2.05, 4.69) is 12.2 Å². The van der Waals surface area contributed by atoms with E-state index in [1.165, 1.54) is 32.1 Å². The Morgan fingerprint density at radius 3 is 2.38 bits per heavy atom. The summed E-state index contributed by atoms with van der Waals surface area (Å²) in [6.07, 6.45) is 7.07. The summed E-state index contributed by atoms with van der Waals surface area (Å²) in [4.78, 5) is 0. The fourth-order valence-electron chi connectivity index (χ4n) is 2.68. The summed E-state index contributed by atoms with van der Waals surface area (Å²) in [6.45, 7) is 2.34. The number of ether oxygens (including phenoxy) is 1. The van der Waals surface area contributed by atoms with Gasteiger partial charge in [0.1, 0.15) is 0 Å². The van der Waals surface area contributed by atoms with Crippen LogP contribution >= 0.6 is 0 Å². The SMILES string of the molecule is COC1CCC(NC2CC(C)C2)C1. The summed E-state index contributed by atoms with van der Waals surface area (Å²) in [5.74, 6) is 0.956. The molecule has 2 saturated carbocycles. The summed E-state index contributed by atoms with van der Waals surface area (Å²) >= 11 is 0. The van der Waals surface area contributed by atoms with Crippen molar-refractivity contribution >= 4 is 0 Å². The van der Waals surface area contributed by atoms with Crippen molar-refractivity contribution in [3.63, 3.8) is 0 Å². The Bertz CT molecular complexity index is 165. The number of hydrogen-bond donors (Lipinski definition) is 1. The van der Waals surface area contributed by atoms with Crippen LogP contribution in [-0.2, 0) is 4.74 Å². The summed E-state index contributed by atoms with van der Waals surface area (Å²) in [5.41, 5.74) is 0. The van der Waals surface area contributed by atoms with Gasteiger partial charge in [-0.25, -0.2) is 0 Å². The standard InChI is InChI=1S/C11H21NO/c1-8-5-10(6-8)12-9-3-4-11(7-9)13-2/h8-12H,3-7H2,1-2H3. The second-order valence-electron chi connectivity index (χ2n) is 4.81. The van der Waals surface area contributed by atoms with Crippen LogP contribution in [0.1, 0.15) is 39.0 Å².